The lowest BCUT2D eigenvalue weighted by Crippen LogP contribution is -2.30. The van der Waals surface area contributed by atoms with E-state index in [1.165, 1.54) is 5.56 Å². The highest BCUT2D eigenvalue weighted by Crippen LogP contribution is 2.09. The Morgan fingerprint density at radius 2 is 1.64 bits per heavy atom. The second-order valence-electron chi connectivity index (χ2n) is 7.29. The third kappa shape index (κ3) is 16.3. The molecule has 0 spiro atoms. The van der Waals surface area contributed by atoms with Gasteiger partial charge in [-0.05, 0) is 68.6 Å². The number of amides is 1. The van der Waals surface area contributed by atoms with Crippen LogP contribution < -0.4 is 22.5 Å². The number of carbonyl (C=O) groups is 3. The van der Waals surface area contributed by atoms with Crippen LogP contribution in [0.4, 0.5) is 5.69 Å². The third-order valence-corrected chi connectivity index (χ3v) is 4.40. The fourth-order valence-electron chi connectivity index (χ4n) is 2.48. The van der Waals surface area contributed by atoms with Gasteiger partial charge in [0, 0.05) is 17.7 Å². The summed E-state index contributed by atoms with van der Waals surface area (Å²) in [6.45, 7) is 3.29. The molecule has 2 aromatic rings. The molecule has 0 fully saturated rings. The summed E-state index contributed by atoms with van der Waals surface area (Å²) >= 11 is 0. The molecular formula is C25H38N4O4. The molecule has 182 valence electrons. The Kier molecular flexibility index (Phi) is 17.8. The lowest BCUT2D eigenvalue weighted by Gasteiger charge is -2.04. The maximum atomic E-state index is 11.3. The Morgan fingerprint density at radius 1 is 1.00 bits per heavy atom. The number of carbonyl (C=O) groups excluding carboxylic acids is 2. The molecule has 0 radical (unpaired) electrons. The highest BCUT2D eigenvalue weighted by molar-refractivity contribution is 5.91. The number of aliphatic carboxylic acids is 1. The summed E-state index contributed by atoms with van der Waals surface area (Å²) < 4.78 is 0. The Labute approximate surface area is 196 Å². The zero-order valence-corrected chi connectivity index (χ0v) is 19.4. The first-order valence-corrected chi connectivity index (χ1v) is 11.1. The molecule has 0 aliphatic heterocycles. The van der Waals surface area contributed by atoms with E-state index in [-0.39, 0.29) is 5.91 Å². The second-order valence-corrected chi connectivity index (χ2v) is 7.29. The van der Waals surface area contributed by atoms with Gasteiger partial charge < -0.3 is 27.6 Å². The molecule has 0 aliphatic rings. The van der Waals surface area contributed by atoms with Gasteiger partial charge in [-0.1, -0.05) is 43.7 Å². The Balaban J connectivity index is 0.000000493. The Bertz CT molecular complexity index is 783. The maximum absolute atomic E-state index is 11.3. The van der Waals surface area contributed by atoms with Crippen LogP contribution in [-0.2, 0) is 16.0 Å². The second kappa shape index (κ2) is 19.6. The molecular weight excluding hydrogens is 420 g/mol. The molecule has 0 saturated heterocycles. The van der Waals surface area contributed by atoms with Crippen LogP contribution in [0.25, 0.3) is 0 Å². The van der Waals surface area contributed by atoms with Crippen LogP contribution in [0.3, 0.4) is 0 Å². The fraction of sp³-hybridized carbons (Fsp3) is 0.400. The first-order valence-electron chi connectivity index (χ1n) is 11.1. The monoisotopic (exact) mass is 458 g/mol. The van der Waals surface area contributed by atoms with Crippen molar-refractivity contribution in [3.63, 3.8) is 0 Å². The first kappa shape index (κ1) is 29.9. The quantitative estimate of drug-likeness (QED) is 0.323. The van der Waals surface area contributed by atoms with E-state index in [4.69, 9.17) is 22.3 Å². The van der Waals surface area contributed by atoms with Crippen molar-refractivity contribution in [2.75, 3.05) is 18.4 Å². The average molecular weight is 459 g/mol. The lowest BCUT2D eigenvalue weighted by atomic mass is 10.2. The predicted octanol–water partition coefficient (Wildman–Crippen LogP) is 2.95. The molecule has 0 bridgehead atoms. The molecule has 0 saturated carbocycles. The van der Waals surface area contributed by atoms with Gasteiger partial charge in [-0.2, -0.15) is 0 Å². The molecule has 8 nitrogen and oxygen atoms in total. The number of hydrogen-bond donors (Lipinski definition) is 5. The number of carboxylic acids is 1. The molecule has 8 N–H and O–H groups in total. The lowest BCUT2D eigenvalue weighted by molar-refractivity contribution is -0.138. The molecule has 0 unspecified atom stereocenters. The van der Waals surface area contributed by atoms with E-state index in [2.05, 4.69) is 17.4 Å². The fourth-order valence-corrected chi connectivity index (χ4v) is 2.48. The molecule has 33 heavy (non-hydrogen) atoms. The summed E-state index contributed by atoms with van der Waals surface area (Å²) in [5.74, 6) is -0.931. The molecule has 2 aromatic carbocycles. The third-order valence-electron chi connectivity index (χ3n) is 4.40. The summed E-state index contributed by atoms with van der Waals surface area (Å²) in [6.07, 6.45) is 5.37. The van der Waals surface area contributed by atoms with Gasteiger partial charge in [-0.3, -0.25) is 14.4 Å². The Morgan fingerprint density at radius 3 is 2.12 bits per heavy atom. The number of unbranched alkanes of at least 4 members (excludes halogenated alkanes) is 1. The van der Waals surface area contributed by atoms with Crippen LogP contribution >= 0.6 is 0 Å². The normalized spacial score (nSPS) is 10.5. The van der Waals surface area contributed by atoms with Gasteiger partial charge in [0.05, 0.1) is 0 Å². The number of rotatable bonds is 11. The van der Waals surface area contributed by atoms with Crippen molar-refractivity contribution < 1.29 is 19.5 Å². The molecule has 0 aromatic heterocycles. The summed E-state index contributed by atoms with van der Waals surface area (Å²) in [5.41, 5.74) is 18.3. The van der Waals surface area contributed by atoms with Gasteiger partial charge >= 0.3 is 5.97 Å². The molecule has 8 heteroatoms. The number of aldehydes is 1. The molecule has 0 aliphatic carbocycles. The predicted molar refractivity (Wildman–Crippen MR) is 133 cm³/mol. The van der Waals surface area contributed by atoms with E-state index in [9.17, 15) is 14.4 Å². The van der Waals surface area contributed by atoms with Gasteiger partial charge in [0.2, 0.25) is 5.91 Å². The number of hydrogen-bond acceptors (Lipinski definition) is 6. The van der Waals surface area contributed by atoms with Crippen molar-refractivity contribution in [2.45, 2.75) is 51.5 Å². The van der Waals surface area contributed by atoms with Gasteiger partial charge in [-0.15, -0.1) is 0 Å². The zero-order valence-electron chi connectivity index (χ0n) is 19.4. The van der Waals surface area contributed by atoms with Crippen LogP contribution in [0.15, 0.2) is 54.6 Å². The SMILES string of the molecule is CCCCC(=O)Nc1ccc(C=O)cc1.NCCC[C@H](N)C(=O)O.NCCc1ccccc1. The van der Waals surface area contributed by atoms with Crippen LogP contribution in [0.2, 0.25) is 0 Å². The zero-order chi connectivity index (χ0) is 24.9. The van der Waals surface area contributed by atoms with E-state index < -0.39 is 12.0 Å². The van der Waals surface area contributed by atoms with Crippen molar-refractivity contribution in [2.24, 2.45) is 17.2 Å². The van der Waals surface area contributed by atoms with Crippen LogP contribution in [-0.4, -0.2) is 42.4 Å². The minimum Gasteiger partial charge on any atom is -0.480 e. The standard InChI is InChI=1S/C12H15NO2.C8H11N.C5H12N2O2/c1-2-3-4-12(15)13-11-7-5-10(9-14)6-8-11;9-7-6-8-4-2-1-3-5-8;6-3-1-2-4(7)5(8)9/h5-9H,2-4H2,1H3,(H,13,15);1-5H,6-7,9H2;4H,1-3,6-7H2,(H,8,9)/t;;4-/m..0/s1. The van der Waals surface area contributed by atoms with Gasteiger partial charge in [0.1, 0.15) is 12.3 Å². The number of anilines is 1. The topological polar surface area (TPSA) is 162 Å². The summed E-state index contributed by atoms with van der Waals surface area (Å²) in [5, 5.41) is 11.0. The molecule has 0 heterocycles. The van der Waals surface area contributed by atoms with Crippen molar-refractivity contribution in [3.05, 3.63) is 65.7 Å². The largest absolute Gasteiger partial charge is 0.480 e. The smallest absolute Gasteiger partial charge is 0.320 e. The minimum absolute atomic E-state index is 0.0238. The van der Waals surface area contributed by atoms with Crippen LogP contribution in [0, 0.1) is 0 Å². The van der Waals surface area contributed by atoms with E-state index in [1.54, 1.807) is 24.3 Å². The van der Waals surface area contributed by atoms with Crippen molar-refractivity contribution in [3.8, 4) is 0 Å². The van der Waals surface area contributed by atoms with Gasteiger partial charge in [0.25, 0.3) is 0 Å². The van der Waals surface area contributed by atoms with Crippen molar-refractivity contribution in [1.29, 1.82) is 0 Å². The highest BCUT2D eigenvalue weighted by Gasteiger charge is 2.08. The number of nitrogens with two attached hydrogens (primary N) is 3. The van der Waals surface area contributed by atoms with Crippen LogP contribution in [0.1, 0.15) is 54.9 Å². The summed E-state index contributed by atoms with van der Waals surface area (Å²) in [7, 11) is 0. The van der Waals surface area contributed by atoms with Crippen molar-refractivity contribution >= 4 is 23.9 Å². The number of benzene rings is 2. The summed E-state index contributed by atoms with van der Waals surface area (Å²) in [4.78, 5) is 31.8. The van der Waals surface area contributed by atoms with Crippen molar-refractivity contribution in [1.82, 2.24) is 0 Å². The summed E-state index contributed by atoms with van der Waals surface area (Å²) in [6, 6.07) is 16.3. The van der Waals surface area contributed by atoms with E-state index in [0.717, 1.165) is 37.8 Å². The highest BCUT2D eigenvalue weighted by atomic mass is 16.4. The van der Waals surface area contributed by atoms with Crippen LogP contribution in [0.5, 0.6) is 0 Å². The van der Waals surface area contributed by atoms with E-state index in [0.29, 0.717) is 31.4 Å². The van der Waals surface area contributed by atoms with E-state index >= 15 is 0 Å². The van der Waals surface area contributed by atoms with E-state index in [1.807, 2.05) is 25.1 Å². The molecule has 1 amide bonds. The molecule has 1 atom stereocenters. The number of carboxylic acid groups (broad SMARTS) is 1. The Hall–Kier alpha value is -3.07. The average Bonchev–Trinajstić information content (AvgIpc) is 2.83. The number of nitrogens with one attached hydrogen (secondary N) is 1. The minimum atomic E-state index is -0.955. The first-order chi connectivity index (χ1) is 15.9. The maximum Gasteiger partial charge on any atom is 0.320 e. The molecule has 2 rings (SSSR count). The van der Waals surface area contributed by atoms with Gasteiger partial charge in [-0.25, -0.2) is 0 Å². The van der Waals surface area contributed by atoms with Gasteiger partial charge in [0.15, 0.2) is 0 Å².